The molecule has 3 fully saturated rings. The van der Waals surface area contributed by atoms with Crippen molar-refractivity contribution in [3.63, 3.8) is 0 Å². The fourth-order valence-electron chi connectivity index (χ4n) is 5.58. The van der Waals surface area contributed by atoms with E-state index in [1.165, 1.54) is 0 Å². The van der Waals surface area contributed by atoms with Crippen molar-refractivity contribution in [2.75, 3.05) is 32.5 Å². The first-order valence-electron chi connectivity index (χ1n) is 10.5. The molecule has 0 saturated heterocycles. The van der Waals surface area contributed by atoms with Gasteiger partial charge in [-0.25, -0.2) is 0 Å². The topological polar surface area (TPSA) is 73.5 Å². The normalized spacial score (nSPS) is 33.4. The van der Waals surface area contributed by atoms with Gasteiger partial charge in [-0.3, -0.25) is 9.59 Å². The molecule has 1 heterocycles. The summed E-state index contributed by atoms with van der Waals surface area (Å²) in [5.74, 6) is 0.467. The molecule has 4 aliphatic rings. The minimum absolute atomic E-state index is 0.00446. The Morgan fingerprint density at radius 3 is 2.82 bits per heavy atom. The predicted molar refractivity (Wildman–Crippen MR) is 110 cm³/mol. The fraction of sp³-hybridized carbons (Fsp3) is 0.636. The van der Waals surface area contributed by atoms with Gasteiger partial charge in [-0.1, -0.05) is 19.1 Å². The van der Waals surface area contributed by atoms with Gasteiger partial charge in [0.1, 0.15) is 5.66 Å². The minimum Gasteiger partial charge on any atom is -0.362 e. The maximum Gasteiger partial charge on any atom is 0.255 e. The molecule has 3 unspecified atom stereocenters. The van der Waals surface area contributed by atoms with Gasteiger partial charge in [0.2, 0.25) is 5.91 Å². The van der Waals surface area contributed by atoms with Crippen LogP contribution in [0.1, 0.15) is 49.4 Å². The molecule has 4 atom stereocenters. The summed E-state index contributed by atoms with van der Waals surface area (Å²) >= 11 is 0. The Balaban J connectivity index is 1.48. The predicted octanol–water partition coefficient (Wildman–Crippen LogP) is 2.43. The summed E-state index contributed by atoms with van der Waals surface area (Å²) in [4.78, 5) is 27.8. The molecule has 0 aromatic heterocycles. The smallest absolute Gasteiger partial charge is 0.255 e. The van der Waals surface area contributed by atoms with Gasteiger partial charge in [0, 0.05) is 24.1 Å². The Morgan fingerprint density at radius 2 is 2.07 bits per heavy atom. The van der Waals surface area contributed by atoms with Crippen LogP contribution in [0.5, 0.6) is 0 Å². The van der Waals surface area contributed by atoms with Gasteiger partial charge >= 0.3 is 0 Å². The van der Waals surface area contributed by atoms with Crippen LogP contribution >= 0.6 is 0 Å². The van der Waals surface area contributed by atoms with Crippen LogP contribution in [0.3, 0.4) is 0 Å². The molecule has 0 radical (unpaired) electrons. The van der Waals surface area contributed by atoms with E-state index in [1.54, 1.807) is 0 Å². The van der Waals surface area contributed by atoms with Crippen LogP contribution in [0.4, 0.5) is 5.69 Å². The second-order valence-electron chi connectivity index (χ2n) is 9.40. The zero-order valence-electron chi connectivity index (χ0n) is 17.2. The molecule has 3 aliphatic carbocycles. The quantitative estimate of drug-likeness (QED) is 0.682. The molecule has 2 amide bonds. The number of benzene rings is 1. The van der Waals surface area contributed by atoms with Crippen LogP contribution < -0.4 is 16.0 Å². The van der Waals surface area contributed by atoms with Gasteiger partial charge in [0.05, 0.1) is 5.56 Å². The van der Waals surface area contributed by atoms with E-state index in [-0.39, 0.29) is 29.1 Å². The molecule has 6 nitrogen and oxygen atoms in total. The summed E-state index contributed by atoms with van der Waals surface area (Å²) in [5, 5.41) is 10.1. The monoisotopic (exact) mass is 384 g/mol. The lowest BCUT2D eigenvalue weighted by molar-refractivity contribution is -0.139. The molecule has 152 valence electrons. The Bertz CT molecular complexity index is 780. The van der Waals surface area contributed by atoms with E-state index >= 15 is 0 Å². The zero-order valence-corrected chi connectivity index (χ0v) is 17.2. The average Bonchev–Trinajstić information content (AvgIpc) is 2.64. The molecule has 1 aromatic rings. The molecular formula is C22H32N4O2. The van der Waals surface area contributed by atoms with Crippen LogP contribution in [0.15, 0.2) is 24.3 Å². The third kappa shape index (κ3) is 3.28. The highest BCUT2D eigenvalue weighted by molar-refractivity contribution is 6.02. The summed E-state index contributed by atoms with van der Waals surface area (Å²) < 4.78 is 0. The summed E-state index contributed by atoms with van der Waals surface area (Å²) in [7, 11) is 4.10. The van der Waals surface area contributed by atoms with Crippen molar-refractivity contribution in [1.82, 2.24) is 15.5 Å². The molecule has 1 spiro atoms. The second kappa shape index (κ2) is 7.07. The number of hydrogen-bond donors (Lipinski definition) is 3. The van der Waals surface area contributed by atoms with E-state index in [0.29, 0.717) is 5.56 Å². The van der Waals surface area contributed by atoms with E-state index in [4.69, 9.17) is 0 Å². The molecule has 5 rings (SSSR count). The molecule has 28 heavy (non-hydrogen) atoms. The number of hydrogen-bond acceptors (Lipinski definition) is 4. The number of rotatable bonds is 5. The van der Waals surface area contributed by atoms with Crippen molar-refractivity contribution in [1.29, 1.82) is 0 Å². The number of carbonyl (C=O) groups excluding carboxylic acids is 2. The Morgan fingerprint density at radius 1 is 1.29 bits per heavy atom. The Kier molecular flexibility index (Phi) is 4.86. The standard InChI is InChI=1S/C22H32N4O2/c1-21-10-9-15(13-17(21)20(28)23-11-6-12-26(2)3)22(14-21)24-18-8-5-4-7-16(18)19(27)25-22/h4-5,7-8,15,17,24H,6,9-14H2,1-3H3,(H,23,28)(H,25,27)/t15?,17?,21?,22-/m0/s1. The van der Waals surface area contributed by atoms with Crippen molar-refractivity contribution in [3.8, 4) is 0 Å². The van der Waals surface area contributed by atoms with E-state index < -0.39 is 5.66 Å². The van der Waals surface area contributed by atoms with Gasteiger partial charge in [-0.05, 0) is 70.3 Å². The molecule has 3 saturated carbocycles. The lowest BCUT2D eigenvalue weighted by Gasteiger charge is -2.60. The number of fused-ring (bicyclic) bond motifs is 3. The molecule has 2 bridgehead atoms. The second-order valence-corrected chi connectivity index (χ2v) is 9.40. The highest BCUT2D eigenvalue weighted by atomic mass is 16.2. The van der Waals surface area contributed by atoms with Gasteiger partial charge < -0.3 is 20.9 Å². The van der Waals surface area contributed by atoms with Crippen LogP contribution in [0.25, 0.3) is 0 Å². The van der Waals surface area contributed by atoms with E-state index in [9.17, 15) is 9.59 Å². The summed E-state index contributed by atoms with van der Waals surface area (Å²) in [6.07, 6.45) is 4.65. The first-order chi connectivity index (χ1) is 13.3. The van der Waals surface area contributed by atoms with Crippen LogP contribution in [0.2, 0.25) is 0 Å². The van der Waals surface area contributed by atoms with Gasteiger partial charge in [-0.2, -0.15) is 0 Å². The zero-order chi connectivity index (χ0) is 19.9. The molecule has 3 N–H and O–H groups in total. The Hall–Kier alpha value is -2.08. The largest absolute Gasteiger partial charge is 0.362 e. The van der Waals surface area contributed by atoms with Crippen molar-refractivity contribution in [3.05, 3.63) is 29.8 Å². The van der Waals surface area contributed by atoms with Crippen LogP contribution in [-0.2, 0) is 4.79 Å². The SMILES string of the molecule is CN(C)CCCNC(=O)C1CC2CCC1(C)C[C@]21NC(=O)c2ccccc2N1. The molecule has 1 aliphatic heterocycles. The van der Waals surface area contributed by atoms with Crippen molar-refractivity contribution in [2.24, 2.45) is 17.3 Å². The summed E-state index contributed by atoms with van der Waals surface area (Å²) in [6.45, 7) is 3.92. The van der Waals surface area contributed by atoms with Gasteiger partial charge in [0.25, 0.3) is 5.91 Å². The molecule has 1 aromatic carbocycles. The highest BCUT2D eigenvalue weighted by Crippen LogP contribution is 2.58. The average molecular weight is 385 g/mol. The number of anilines is 1. The van der Waals surface area contributed by atoms with Gasteiger partial charge in [0.15, 0.2) is 0 Å². The van der Waals surface area contributed by atoms with E-state index in [0.717, 1.165) is 50.9 Å². The number of carbonyl (C=O) groups is 2. The number of amides is 2. The minimum atomic E-state index is -0.430. The van der Waals surface area contributed by atoms with E-state index in [2.05, 4.69) is 27.8 Å². The number of para-hydroxylation sites is 1. The maximum absolute atomic E-state index is 12.9. The van der Waals surface area contributed by atoms with Crippen molar-refractivity contribution >= 4 is 17.5 Å². The molecule has 6 heteroatoms. The van der Waals surface area contributed by atoms with Gasteiger partial charge in [-0.15, -0.1) is 0 Å². The fourth-order valence-corrected chi connectivity index (χ4v) is 5.58. The van der Waals surface area contributed by atoms with E-state index in [1.807, 2.05) is 38.4 Å². The Labute approximate surface area is 167 Å². The first-order valence-corrected chi connectivity index (χ1v) is 10.5. The van der Waals surface area contributed by atoms with Crippen LogP contribution in [0, 0.1) is 17.3 Å². The summed E-state index contributed by atoms with van der Waals surface area (Å²) in [6, 6.07) is 7.70. The highest BCUT2D eigenvalue weighted by Gasteiger charge is 2.60. The van der Waals surface area contributed by atoms with Crippen molar-refractivity contribution < 1.29 is 9.59 Å². The summed E-state index contributed by atoms with van der Waals surface area (Å²) in [5.41, 5.74) is 1.08. The lowest BCUT2D eigenvalue weighted by atomic mass is 9.51. The third-order valence-corrected chi connectivity index (χ3v) is 7.07. The third-order valence-electron chi connectivity index (χ3n) is 7.07. The number of nitrogens with zero attached hydrogens (tertiary/aromatic N) is 1. The lowest BCUT2D eigenvalue weighted by Crippen LogP contribution is -2.70. The van der Waals surface area contributed by atoms with Crippen molar-refractivity contribution in [2.45, 2.75) is 44.7 Å². The first kappa shape index (κ1) is 19.2. The molecular weight excluding hydrogens is 352 g/mol. The van der Waals surface area contributed by atoms with Crippen LogP contribution in [-0.4, -0.2) is 49.6 Å². The maximum atomic E-state index is 12.9. The number of nitrogens with one attached hydrogen (secondary N) is 3.